The van der Waals surface area contributed by atoms with Crippen LogP contribution in [0.4, 0.5) is 0 Å². The standard InChI is InChI=1S/C19H37N7O2/c1-23(2)18(27)15-22-19(20-4-3-5-24-10-12-28-13-11-24)21-14-17-16-25-6-8-26(17)9-7-25/h17H,3-16H2,1-2H3,(H2,20,21,22). The van der Waals surface area contributed by atoms with Crippen LogP contribution in [-0.4, -0.2) is 137 Å². The van der Waals surface area contributed by atoms with Gasteiger partial charge in [-0.2, -0.15) is 0 Å². The summed E-state index contributed by atoms with van der Waals surface area (Å²) in [6.07, 6.45) is 1.05. The van der Waals surface area contributed by atoms with Crippen LogP contribution in [0.5, 0.6) is 0 Å². The van der Waals surface area contributed by atoms with Crippen LogP contribution in [0.2, 0.25) is 0 Å². The zero-order valence-electron chi connectivity index (χ0n) is 17.5. The number of piperazine rings is 3. The number of aliphatic imine (C=N–C) groups is 1. The Morgan fingerprint density at radius 3 is 2.50 bits per heavy atom. The molecule has 0 aromatic heterocycles. The molecule has 1 atom stereocenters. The van der Waals surface area contributed by atoms with E-state index in [1.165, 1.54) is 13.1 Å². The van der Waals surface area contributed by atoms with Crippen LogP contribution >= 0.6 is 0 Å². The Balaban J connectivity index is 1.43. The molecule has 1 amide bonds. The average molecular weight is 396 g/mol. The number of hydrogen-bond donors (Lipinski definition) is 2. The first kappa shape index (κ1) is 21.3. The van der Waals surface area contributed by atoms with Crippen molar-refractivity contribution in [2.24, 2.45) is 4.99 Å². The molecule has 0 radical (unpaired) electrons. The highest BCUT2D eigenvalue weighted by Gasteiger charge is 2.31. The summed E-state index contributed by atoms with van der Waals surface area (Å²) in [6, 6.07) is 0.521. The lowest BCUT2D eigenvalue weighted by Crippen LogP contribution is -2.63. The number of carbonyl (C=O) groups excluding carboxylic acids is 1. The number of carbonyl (C=O) groups is 1. The summed E-state index contributed by atoms with van der Waals surface area (Å²) in [6.45, 7) is 12.5. The number of likely N-dealkylation sites (N-methyl/N-ethyl adjacent to an activating group) is 1. The minimum Gasteiger partial charge on any atom is -0.379 e. The Bertz CT molecular complexity index is 514. The van der Waals surface area contributed by atoms with E-state index in [4.69, 9.17) is 4.74 Å². The largest absolute Gasteiger partial charge is 0.379 e. The van der Waals surface area contributed by atoms with Crippen LogP contribution in [0.3, 0.4) is 0 Å². The maximum absolute atomic E-state index is 11.9. The molecule has 2 bridgehead atoms. The summed E-state index contributed by atoms with van der Waals surface area (Å²) in [5, 5.41) is 6.89. The van der Waals surface area contributed by atoms with Gasteiger partial charge < -0.3 is 20.3 Å². The molecule has 9 heteroatoms. The van der Waals surface area contributed by atoms with Gasteiger partial charge in [0.15, 0.2) is 5.96 Å². The van der Waals surface area contributed by atoms with Crippen LogP contribution in [0.15, 0.2) is 4.99 Å². The predicted molar refractivity (Wildman–Crippen MR) is 111 cm³/mol. The van der Waals surface area contributed by atoms with Crippen molar-refractivity contribution in [2.75, 3.05) is 99.3 Å². The fourth-order valence-corrected chi connectivity index (χ4v) is 3.93. The molecule has 0 spiro atoms. The smallest absolute Gasteiger partial charge is 0.243 e. The summed E-state index contributed by atoms with van der Waals surface area (Å²) < 4.78 is 5.40. The van der Waals surface area contributed by atoms with E-state index < -0.39 is 0 Å². The predicted octanol–water partition coefficient (Wildman–Crippen LogP) is -1.67. The zero-order valence-corrected chi connectivity index (χ0v) is 17.5. The molecule has 160 valence electrons. The molecule has 4 rings (SSSR count). The summed E-state index contributed by atoms with van der Waals surface area (Å²) in [7, 11) is 3.53. The second-order valence-corrected chi connectivity index (χ2v) is 8.06. The van der Waals surface area contributed by atoms with Gasteiger partial charge in [-0.3, -0.25) is 19.5 Å². The third kappa shape index (κ3) is 6.58. The second-order valence-electron chi connectivity index (χ2n) is 8.06. The van der Waals surface area contributed by atoms with Crippen molar-refractivity contribution in [1.29, 1.82) is 0 Å². The molecular weight excluding hydrogens is 358 g/mol. The number of nitrogens with zero attached hydrogens (tertiary/aromatic N) is 5. The number of amides is 1. The minimum absolute atomic E-state index is 0.0148. The van der Waals surface area contributed by atoms with Crippen LogP contribution in [0.25, 0.3) is 0 Å². The molecule has 28 heavy (non-hydrogen) atoms. The molecule has 0 aromatic carbocycles. The molecule has 1 unspecified atom stereocenters. The van der Waals surface area contributed by atoms with Gasteiger partial charge in [0, 0.05) is 79.0 Å². The summed E-state index contributed by atoms with van der Waals surface area (Å²) >= 11 is 0. The molecule has 4 aliphatic rings. The van der Waals surface area contributed by atoms with E-state index in [9.17, 15) is 4.79 Å². The van der Waals surface area contributed by atoms with Crippen LogP contribution < -0.4 is 10.6 Å². The first-order chi connectivity index (χ1) is 13.6. The Hall–Kier alpha value is -1.42. The monoisotopic (exact) mass is 395 g/mol. The fourth-order valence-electron chi connectivity index (χ4n) is 3.93. The van der Waals surface area contributed by atoms with E-state index in [0.29, 0.717) is 6.04 Å². The topological polar surface area (TPSA) is 75.7 Å². The molecular formula is C19H37N7O2. The van der Waals surface area contributed by atoms with E-state index in [-0.39, 0.29) is 12.5 Å². The third-order valence-corrected chi connectivity index (χ3v) is 5.82. The van der Waals surface area contributed by atoms with Gasteiger partial charge in [0.25, 0.3) is 0 Å². The van der Waals surface area contributed by atoms with Crippen LogP contribution in [-0.2, 0) is 9.53 Å². The van der Waals surface area contributed by atoms with Gasteiger partial charge in [-0.05, 0) is 13.0 Å². The number of guanidine groups is 1. The number of ether oxygens (including phenoxy) is 1. The number of fused-ring (bicyclic) bond motifs is 3. The highest BCUT2D eigenvalue weighted by molar-refractivity contribution is 5.84. The molecule has 0 aromatic rings. The highest BCUT2D eigenvalue weighted by atomic mass is 16.5. The number of morpholine rings is 1. The van der Waals surface area contributed by atoms with Gasteiger partial charge in [0.2, 0.25) is 5.91 Å². The van der Waals surface area contributed by atoms with Crippen molar-refractivity contribution in [3.05, 3.63) is 0 Å². The Labute approximate surface area is 169 Å². The maximum atomic E-state index is 11.9. The van der Waals surface area contributed by atoms with Gasteiger partial charge in [-0.15, -0.1) is 0 Å². The number of nitrogens with one attached hydrogen (secondary N) is 2. The van der Waals surface area contributed by atoms with Gasteiger partial charge in [0.05, 0.1) is 13.2 Å². The van der Waals surface area contributed by atoms with Crippen molar-refractivity contribution >= 4 is 11.9 Å². The van der Waals surface area contributed by atoms with E-state index >= 15 is 0 Å². The number of hydrogen-bond acceptors (Lipinski definition) is 6. The molecule has 9 nitrogen and oxygen atoms in total. The van der Waals surface area contributed by atoms with Crippen molar-refractivity contribution in [2.45, 2.75) is 12.5 Å². The molecule has 4 fully saturated rings. The SMILES string of the molecule is CN(C)C(=O)CN=C(NCCCN1CCOCC1)NCC1CN2CCN1CC2. The zero-order chi connectivity index (χ0) is 19.8. The first-order valence-corrected chi connectivity index (χ1v) is 10.6. The molecule has 2 N–H and O–H groups in total. The molecule has 4 heterocycles. The van der Waals surface area contributed by atoms with E-state index in [1.807, 2.05) is 0 Å². The van der Waals surface area contributed by atoms with Crippen molar-refractivity contribution in [3.63, 3.8) is 0 Å². The van der Waals surface area contributed by atoms with E-state index in [1.54, 1.807) is 19.0 Å². The third-order valence-electron chi connectivity index (χ3n) is 5.82. The Morgan fingerprint density at radius 1 is 1.11 bits per heavy atom. The van der Waals surface area contributed by atoms with Gasteiger partial charge in [0.1, 0.15) is 6.54 Å². The highest BCUT2D eigenvalue weighted by Crippen LogP contribution is 2.14. The second kappa shape index (κ2) is 10.9. The summed E-state index contributed by atoms with van der Waals surface area (Å²) in [4.78, 5) is 25.6. The average Bonchev–Trinajstić information content (AvgIpc) is 2.73. The summed E-state index contributed by atoms with van der Waals surface area (Å²) in [5.41, 5.74) is 0. The lowest BCUT2D eigenvalue weighted by Gasteiger charge is -2.47. The lowest BCUT2D eigenvalue weighted by atomic mass is 10.1. The van der Waals surface area contributed by atoms with E-state index in [2.05, 4.69) is 30.3 Å². The van der Waals surface area contributed by atoms with Crippen molar-refractivity contribution in [1.82, 2.24) is 30.2 Å². The van der Waals surface area contributed by atoms with Crippen molar-refractivity contribution < 1.29 is 9.53 Å². The van der Waals surface area contributed by atoms with Crippen LogP contribution in [0, 0.1) is 0 Å². The quantitative estimate of drug-likeness (QED) is 0.289. The van der Waals surface area contributed by atoms with Crippen LogP contribution in [0.1, 0.15) is 6.42 Å². The number of rotatable bonds is 8. The molecule has 0 aliphatic carbocycles. The minimum atomic E-state index is 0.0148. The van der Waals surface area contributed by atoms with Crippen molar-refractivity contribution in [3.8, 4) is 0 Å². The summed E-state index contributed by atoms with van der Waals surface area (Å²) in [5.74, 6) is 0.760. The molecule has 4 aliphatic heterocycles. The molecule has 4 saturated heterocycles. The Morgan fingerprint density at radius 2 is 1.86 bits per heavy atom. The first-order valence-electron chi connectivity index (χ1n) is 10.6. The fraction of sp³-hybridized carbons (Fsp3) is 0.895. The maximum Gasteiger partial charge on any atom is 0.243 e. The van der Waals surface area contributed by atoms with E-state index in [0.717, 1.165) is 78.0 Å². The lowest BCUT2D eigenvalue weighted by molar-refractivity contribution is -0.127. The molecule has 0 saturated carbocycles. The normalized spacial score (nSPS) is 28.2. The van der Waals surface area contributed by atoms with Gasteiger partial charge in [-0.1, -0.05) is 0 Å². The van der Waals surface area contributed by atoms with Gasteiger partial charge >= 0.3 is 0 Å². The van der Waals surface area contributed by atoms with Gasteiger partial charge in [-0.25, -0.2) is 4.99 Å². The Kier molecular flexibility index (Phi) is 8.32.